The molecule has 0 bridgehead atoms. The molecule has 0 saturated heterocycles. The van der Waals surface area contributed by atoms with Gasteiger partial charge in [0.25, 0.3) is 12.3 Å². The van der Waals surface area contributed by atoms with Crippen molar-refractivity contribution in [3.8, 4) is 0 Å². The lowest BCUT2D eigenvalue weighted by Gasteiger charge is -2.16. The summed E-state index contributed by atoms with van der Waals surface area (Å²) in [4.78, 5) is 24.3. The fourth-order valence-corrected chi connectivity index (χ4v) is 3.27. The van der Waals surface area contributed by atoms with Crippen LogP contribution >= 0.6 is 0 Å². The Balaban J connectivity index is 1.81. The Labute approximate surface area is 159 Å². The minimum atomic E-state index is -2.92. The topological polar surface area (TPSA) is 81.4 Å². The van der Waals surface area contributed by atoms with Crippen LogP contribution in [0.2, 0.25) is 0 Å². The number of nitrogen functional groups attached to an aromatic ring is 1. The number of anilines is 1. The van der Waals surface area contributed by atoms with Gasteiger partial charge in [-0.2, -0.15) is 0 Å². The standard InChI is InChI=1S/C20H19F3N2O3/c1-20(13-5-3-4-11(16(13)21)17(22)23)9-15(20)25-18(26)12-8-10(19(27)28-2)6-7-14(12)24/h3-8,15,17H,9,24H2,1-2H3,(H,25,26)/t15?,20-/m1/s1. The van der Waals surface area contributed by atoms with Gasteiger partial charge in [-0.05, 0) is 30.2 Å². The van der Waals surface area contributed by atoms with Crippen LogP contribution in [-0.4, -0.2) is 25.0 Å². The van der Waals surface area contributed by atoms with E-state index < -0.39 is 41.1 Å². The second kappa shape index (κ2) is 7.18. The molecule has 1 unspecified atom stereocenters. The number of esters is 1. The quantitative estimate of drug-likeness (QED) is 0.602. The third-order valence-electron chi connectivity index (χ3n) is 5.14. The molecule has 3 N–H and O–H groups in total. The maximum atomic E-state index is 14.5. The van der Waals surface area contributed by atoms with Gasteiger partial charge < -0.3 is 15.8 Å². The minimum absolute atomic E-state index is 0.0824. The predicted molar refractivity (Wildman–Crippen MR) is 96.8 cm³/mol. The first kappa shape index (κ1) is 19.7. The van der Waals surface area contributed by atoms with Gasteiger partial charge in [0.05, 0.1) is 23.8 Å². The first-order valence-electron chi connectivity index (χ1n) is 8.54. The Morgan fingerprint density at radius 3 is 2.64 bits per heavy atom. The lowest BCUT2D eigenvalue weighted by atomic mass is 9.94. The molecule has 2 aromatic carbocycles. The SMILES string of the molecule is COC(=O)c1ccc(N)c(C(=O)NC2C[C@]2(C)c2cccc(C(F)F)c2F)c1. The summed E-state index contributed by atoms with van der Waals surface area (Å²) in [6.07, 6.45) is -2.53. The van der Waals surface area contributed by atoms with E-state index in [9.17, 15) is 22.8 Å². The number of ether oxygens (including phenoxy) is 1. The van der Waals surface area contributed by atoms with Crippen molar-refractivity contribution in [3.05, 3.63) is 64.5 Å². The molecule has 2 aromatic rings. The van der Waals surface area contributed by atoms with E-state index in [0.29, 0.717) is 6.42 Å². The molecule has 0 aliphatic heterocycles. The summed E-state index contributed by atoms with van der Waals surface area (Å²) in [5, 5.41) is 2.73. The van der Waals surface area contributed by atoms with Crippen LogP contribution in [0.5, 0.6) is 0 Å². The third-order valence-corrected chi connectivity index (χ3v) is 5.14. The molecule has 1 aliphatic rings. The van der Waals surface area contributed by atoms with Crippen molar-refractivity contribution in [3.63, 3.8) is 0 Å². The number of carbonyl (C=O) groups is 2. The van der Waals surface area contributed by atoms with Gasteiger partial charge in [-0.3, -0.25) is 4.79 Å². The molecule has 3 rings (SSSR count). The fourth-order valence-electron chi connectivity index (χ4n) is 3.27. The number of benzene rings is 2. The van der Waals surface area contributed by atoms with Gasteiger partial charge in [-0.1, -0.05) is 25.1 Å². The van der Waals surface area contributed by atoms with E-state index >= 15 is 0 Å². The molecule has 1 aliphatic carbocycles. The van der Waals surface area contributed by atoms with Gasteiger partial charge in [-0.15, -0.1) is 0 Å². The van der Waals surface area contributed by atoms with E-state index in [1.807, 2.05) is 0 Å². The smallest absolute Gasteiger partial charge is 0.337 e. The molecule has 0 heterocycles. The van der Waals surface area contributed by atoms with Crippen LogP contribution in [0.15, 0.2) is 36.4 Å². The van der Waals surface area contributed by atoms with Crippen molar-refractivity contribution in [1.29, 1.82) is 0 Å². The summed E-state index contributed by atoms with van der Waals surface area (Å²) in [6.45, 7) is 1.69. The zero-order chi connectivity index (χ0) is 20.6. The third kappa shape index (κ3) is 3.42. The lowest BCUT2D eigenvalue weighted by molar-refractivity contribution is 0.0600. The van der Waals surface area contributed by atoms with Crippen molar-refractivity contribution >= 4 is 17.6 Å². The number of amides is 1. The van der Waals surface area contributed by atoms with E-state index in [2.05, 4.69) is 10.1 Å². The highest BCUT2D eigenvalue weighted by molar-refractivity contribution is 6.02. The minimum Gasteiger partial charge on any atom is -0.465 e. The summed E-state index contributed by atoms with van der Waals surface area (Å²) in [5.74, 6) is -2.11. The highest BCUT2D eigenvalue weighted by Gasteiger charge is 2.54. The van der Waals surface area contributed by atoms with Gasteiger partial charge in [0.1, 0.15) is 5.82 Å². The Morgan fingerprint density at radius 2 is 2.00 bits per heavy atom. The van der Waals surface area contributed by atoms with Crippen LogP contribution in [0.4, 0.5) is 18.9 Å². The summed E-state index contributed by atoms with van der Waals surface area (Å²) < 4.78 is 45.0. The van der Waals surface area contributed by atoms with Crippen molar-refractivity contribution in [1.82, 2.24) is 5.32 Å². The maximum absolute atomic E-state index is 14.5. The van der Waals surface area contributed by atoms with Crippen LogP contribution in [0.1, 0.15) is 51.6 Å². The molecule has 8 heteroatoms. The summed E-state index contributed by atoms with van der Waals surface area (Å²) in [7, 11) is 1.22. The van der Waals surface area contributed by atoms with Crippen LogP contribution in [0, 0.1) is 5.82 Å². The van der Waals surface area contributed by atoms with Crippen LogP contribution in [0.25, 0.3) is 0 Å². The number of carbonyl (C=O) groups excluding carboxylic acids is 2. The maximum Gasteiger partial charge on any atom is 0.337 e. The van der Waals surface area contributed by atoms with Gasteiger partial charge in [0, 0.05) is 17.1 Å². The molecule has 0 aromatic heterocycles. The largest absolute Gasteiger partial charge is 0.465 e. The first-order chi connectivity index (χ1) is 13.2. The van der Waals surface area contributed by atoms with Crippen molar-refractivity contribution < 1.29 is 27.5 Å². The number of nitrogens with one attached hydrogen (secondary N) is 1. The normalized spacial score (nSPS) is 20.7. The van der Waals surface area contributed by atoms with Crippen LogP contribution in [0.3, 0.4) is 0 Å². The monoisotopic (exact) mass is 392 g/mol. The van der Waals surface area contributed by atoms with E-state index in [1.54, 1.807) is 6.92 Å². The van der Waals surface area contributed by atoms with Crippen LogP contribution < -0.4 is 11.1 Å². The second-order valence-electron chi connectivity index (χ2n) is 6.95. The molecular weight excluding hydrogens is 373 g/mol. The van der Waals surface area contributed by atoms with E-state index in [0.717, 1.165) is 6.07 Å². The molecule has 2 atom stereocenters. The number of alkyl halides is 2. The molecule has 0 spiro atoms. The summed E-state index contributed by atoms with van der Waals surface area (Å²) in [6, 6.07) is 7.57. The summed E-state index contributed by atoms with van der Waals surface area (Å²) >= 11 is 0. The highest BCUT2D eigenvalue weighted by atomic mass is 19.3. The predicted octanol–water partition coefficient (Wildman–Crippen LogP) is 3.59. The average Bonchev–Trinajstić information content (AvgIpc) is 3.31. The first-order valence-corrected chi connectivity index (χ1v) is 8.54. The van der Waals surface area contributed by atoms with Gasteiger partial charge >= 0.3 is 5.97 Å². The van der Waals surface area contributed by atoms with E-state index in [-0.39, 0.29) is 22.4 Å². The highest BCUT2D eigenvalue weighted by Crippen LogP contribution is 2.49. The molecular formula is C20H19F3N2O3. The zero-order valence-electron chi connectivity index (χ0n) is 15.3. The van der Waals surface area contributed by atoms with Gasteiger partial charge in [0.2, 0.25) is 0 Å². The Kier molecular flexibility index (Phi) is 5.06. The molecule has 28 heavy (non-hydrogen) atoms. The Hall–Kier alpha value is -3.03. The number of hydrogen-bond acceptors (Lipinski definition) is 4. The van der Waals surface area contributed by atoms with Gasteiger partial charge in [-0.25, -0.2) is 18.0 Å². The number of nitrogens with two attached hydrogens (primary N) is 1. The Bertz CT molecular complexity index is 948. The van der Waals surface area contributed by atoms with Gasteiger partial charge in [0.15, 0.2) is 0 Å². The average molecular weight is 392 g/mol. The molecule has 148 valence electrons. The molecule has 1 amide bonds. The summed E-state index contributed by atoms with van der Waals surface area (Å²) in [5.41, 5.74) is 4.90. The second-order valence-corrected chi connectivity index (χ2v) is 6.95. The molecule has 1 fully saturated rings. The zero-order valence-corrected chi connectivity index (χ0v) is 15.3. The number of methoxy groups -OCH3 is 1. The van der Waals surface area contributed by atoms with E-state index in [4.69, 9.17) is 5.73 Å². The number of hydrogen-bond donors (Lipinski definition) is 2. The van der Waals surface area contributed by atoms with Crippen molar-refractivity contribution in [2.45, 2.75) is 31.2 Å². The number of rotatable bonds is 5. The molecule has 1 saturated carbocycles. The lowest BCUT2D eigenvalue weighted by Crippen LogP contribution is -2.31. The van der Waals surface area contributed by atoms with E-state index in [1.165, 1.54) is 37.4 Å². The fraction of sp³-hybridized carbons (Fsp3) is 0.300. The van der Waals surface area contributed by atoms with Crippen molar-refractivity contribution in [2.24, 2.45) is 0 Å². The molecule has 0 radical (unpaired) electrons. The van der Waals surface area contributed by atoms with Crippen LogP contribution in [-0.2, 0) is 10.2 Å². The Morgan fingerprint density at radius 1 is 1.29 bits per heavy atom. The molecule has 5 nitrogen and oxygen atoms in total. The van der Waals surface area contributed by atoms with Crippen molar-refractivity contribution in [2.75, 3.05) is 12.8 Å². The number of halogens is 3.